The van der Waals surface area contributed by atoms with Crippen LogP contribution in [0.25, 0.3) is 10.1 Å². The van der Waals surface area contributed by atoms with Gasteiger partial charge in [-0.05, 0) is 29.7 Å². The number of nitrogens with zero attached hydrogens (tertiary/aromatic N) is 4. The number of likely N-dealkylation sites (tertiary alicyclic amines) is 1. The van der Waals surface area contributed by atoms with Gasteiger partial charge < -0.3 is 10.0 Å². The highest BCUT2D eigenvalue weighted by atomic mass is 32.1. The van der Waals surface area contributed by atoms with Crippen LogP contribution < -0.4 is 4.90 Å². The maximum absolute atomic E-state index is 10.7. The Morgan fingerprint density at radius 3 is 2.61 bits per heavy atom. The number of pyridine rings is 1. The highest BCUT2D eigenvalue weighted by Gasteiger charge is 2.36. The molecule has 0 spiro atoms. The van der Waals surface area contributed by atoms with E-state index in [1.165, 1.54) is 15.0 Å². The molecule has 2 aliphatic heterocycles. The van der Waals surface area contributed by atoms with Crippen molar-refractivity contribution in [1.82, 2.24) is 14.8 Å². The van der Waals surface area contributed by atoms with E-state index >= 15 is 0 Å². The number of piperazine rings is 1. The number of rotatable bonds is 4. The fourth-order valence-corrected chi connectivity index (χ4v) is 5.60. The number of hydrogen-bond donors (Lipinski definition) is 1. The van der Waals surface area contributed by atoms with Gasteiger partial charge in [0.15, 0.2) is 0 Å². The van der Waals surface area contributed by atoms with Crippen molar-refractivity contribution in [2.45, 2.75) is 18.7 Å². The van der Waals surface area contributed by atoms with E-state index in [0.29, 0.717) is 0 Å². The van der Waals surface area contributed by atoms with Crippen LogP contribution >= 0.6 is 11.3 Å². The molecule has 0 aliphatic carbocycles. The molecule has 2 aliphatic rings. The van der Waals surface area contributed by atoms with Gasteiger partial charge in [-0.3, -0.25) is 9.80 Å². The van der Waals surface area contributed by atoms with Crippen LogP contribution in [0.15, 0.2) is 54.7 Å². The van der Waals surface area contributed by atoms with E-state index in [4.69, 9.17) is 0 Å². The van der Waals surface area contributed by atoms with E-state index in [9.17, 15) is 5.11 Å². The predicted molar refractivity (Wildman–Crippen MR) is 115 cm³/mol. The molecule has 3 aromatic rings. The number of aromatic nitrogens is 1. The van der Waals surface area contributed by atoms with Crippen molar-refractivity contribution in [2.24, 2.45) is 0 Å². The van der Waals surface area contributed by atoms with Gasteiger partial charge in [0, 0.05) is 67.6 Å². The quantitative estimate of drug-likeness (QED) is 0.737. The zero-order chi connectivity index (χ0) is 18.9. The molecule has 28 heavy (non-hydrogen) atoms. The third kappa shape index (κ3) is 3.65. The van der Waals surface area contributed by atoms with Gasteiger partial charge in [0.05, 0.1) is 6.10 Å². The number of benzene rings is 1. The van der Waals surface area contributed by atoms with Gasteiger partial charge in [-0.15, -0.1) is 11.3 Å². The molecule has 0 bridgehead atoms. The summed E-state index contributed by atoms with van der Waals surface area (Å²) in [7, 11) is 0. The molecule has 2 atom stereocenters. The third-order valence-corrected chi connectivity index (χ3v) is 7.05. The minimum atomic E-state index is -0.268. The summed E-state index contributed by atoms with van der Waals surface area (Å²) in [6.45, 7) is 6.54. The lowest BCUT2D eigenvalue weighted by molar-refractivity contribution is 0.0790. The van der Waals surface area contributed by atoms with Crippen molar-refractivity contribution in [2.75, 3.05) is 44.2 Å². The first kappa shape index (κ1) is 18.1. The highest BCUT2D eigenvalue weighted by molar-refractivity contribution is 7.19. The first-order valence-corrected chi connectivity index (χ1v) is 10.9. The van der Waals surface area contributed by atoms with Crippen LogP contribution in [0.5, 0.6) is 0 Å². The summed E-state index contributed by atoms with van der Waals surface area (Å²) >= 11 is 1.87. The van der Waals surface area contributed by atoms with E-state index < -0.39 is 0 Å². The normalized spacial score (nSPS) is 24.2. The fourth-order valence-electron chi connectivity index (χ4n) is 4.49. The van der Waals surface area contributed by atoms with Crippen molar-refractivity contribution >= 4 is 27.2 Å². The van der Waals surface area contributed by atoms with E-state index in [1.807, 2.05) is 29.7 Å². The lowest BCUT2D eigenvalue weighted by Crippen LogP contribution is -2.53. The Kier molecular flexibility index (Phi) is 5.03. The standard InChI is InChI=1S/C22H26N4OS/c27-20-16-24(14-18-13-17-5-1-2-6-21(17)28-18)15-19(20)25-9-11-26(12-10-25)22-7-3-4-8-23-22/h1-8,13,19-20,27H,9-12,14-16H2/t19-,20-/m0/s1. The number of anilines is 1. The number of aliphatic hydroxyl groups excluding tert-OH is 1. The first-order chi connectivity index (χ1) is 13.8. The summed E-state index contributed by atoms with van der Waals surface area (Å²) in [5, 5.41) is 12.0. The molecule has 5 rings (SSSR count). The third-order valence-electron chi connectivity index (χ3n) is 5.95. The van der Waals surface area contributed by atoms with Crippen molar-refractivity contribution in [1.29, 1.82) is 0 Å². The number of thiophene rings is 1. The second-order valence-electron chi connectivity index (χ2n) is 7.79. The largest absolute Gasteiger partial charge is 0.390 e. The molecule has 0 amide bonds. The molecular weight excluding hydrogens is 368 g/mol. The Morgan fingerprint density at radius 2 is 1.82 bits per heavy atom. The predicted octanol–water partition coefficient (Wildman–Crippen LogP) is 2.66. The SMILES string of the molecule is O[C@H]1CN(Cc2cc3ccccc3s2)C[C@@H]1N1CCN(c2ccccn2)CC1. The minimum absolute atomic E-state index is 0.236. The van der Waals surface area contributed by atoms with Gasteiger partial charge in [-0.1, -0.05) is 24.3 Å². The monoisotopic (exact) mass is 394 g/mol. The first-order valence-electron chi connectivity index (χ1n) is 10.0. The van der Waals surface area contributed by atoms with Gasteiger partial charge in [0.2, 0.25) is 0 Å². The molecule has 2 aromatic heterocycles. The average Bonchev–Trinajstić information content (AvgIpc) is 3.31. The van der Waals surface area contributed by atoms with E-state index in [2.05, 4.69) is 56.1 Å². The van der Waals surface area contributed by atoms with E-state index in [0.717, 1.165) is 51.6 Å². The second kappa shape index (κ2) is 7.79. The van der Waals surface area contributed by atoms with Crippen LogP contribution in [0.3, 0.4) is 0 Å². The van der Waals surface area contributed by atoms with Gasteiger partial charge in [-0.25, -0.2) is 4.98 Å². The molecule has 1 N–H and O–H groups in total. The number of aliphatic hydroxyl groups is 1. The van der Waals surface area contributed by atoms with E-state index in [1.54, 1.807) is 0 Å². The molecule has 6 heteroatoms. The minimum Gasteiger partial charge on any atom is -0.390 e. The summed E-state index contributed by atoms with van der Waals surface area (Å²) in [5.41, 5.74) is 0. The Hall–Kier alpha value is -1.99. The Bertz CT molecular complexity index is 889. The fraction of sp³-hybridized carbons (Fsp3) is 0.409. The van der Waals surface area contributed by atoms with Gasteiger partial charge in [0.25, 0.3) is 0 Å². The summed E-state index contributed by atoms with van der Waals surface area (Å²) in [4.78, 5) is 13.1. The molecule has 2 saturated heterocycles. The molecule has 5 nitrogen and oxygen atoms in total. The van der Waals surface area contributed by atoms with Gasteiger partial charge >= 0.3 is 0 Å². The second-order valence-corrected chi connectivity index (χ2v) is 8.96. The van der Waals surface area contributed by atoms with Crippen molar-refractivity contribution in [3.05, 3.63) is 59.6 Å². The van der Waals surface area contributed by atoms with Crippen molar-refractivity contribution < 1.29 is 5.11 Å². The molecule has 0 saturated carbocycles. The lowest BCUT2D eigenvalue weighted by Gasteiger charge is -2.39. The number of fused-ring (bicyclic) bond motifs is 1. The molecule has 146 valence electrons. The van der Waals surface area contributed by atoms with Gasteiger partial charge in [0.1, 0.15) is 5.82 Å². The molecule has 2 fully saturated rings. The zero-order valence-corrected chi connectivity index (χ0v) is 16.8. The number of β-amino-alcohol motifs (C(OH)–C–C–N with tert-alkyl or cyclic N) is 1. The molecule has 1 aromatic carbocycles. The topological polar surface area (TPSA) is 42.8 Å². The van der Waals surface area contributed by atoms with E-state index in [-0.39, 0.29) is 12.1 Å². The highest BCUT2D eigenvalue weighted by Crippen LogP contribution is 2.28. The van der Waals surface area contributed by atoms with Crippen LogP contribution in [0, 0.1) is 0 Å². The lowest BCUT2D eigenvalue weighted by atomic mass is 10.1. The van der Waals surface area contributed by atoms with Crippen molar-refractivity contribution in [3.63, 3.8) is 0 Å². The molecular formula is C22H26N4OS. The van der Waals surface area contributed by atoms with Crippen LogP contribution in [-0.4, -0.2) is 71.3 Å². The van der Waals surface area contributed by atoms with Crippen LogP contribution in [0.1, 0.15) is 4.88 Å². The van der Waals surface area contributed by atoms with Crippen LogP contribution in [0.2, 0.25) is 0 Å². The maximum Gasteiger partial charge on any atom is 0.128 e. The van der Waals surface area contributed by atoms with Crippen molar-refractivity contribution in [3.8, 4) is 0 Å². The average molecular weight is 395 g/mol. The summed E-state index contributed by atoms with van der Waals surface area (Å²) in [5.74, 6) is 1.06. The van der Waals surface area contributed by atoms with Gasteiger partial charge in [-0.2, -0.15) is 0 Å². The van der Waals surface area contributed by atoms with Crippen LogP contribution in [-0.2, 0) is 6.54 Å². The Labute approximate surface area is 169 Å². The van der Waals surface area contributed by atoms with Crippen LogP contribution in [0.4, 0.5) is 5.82 Å². The molecule has 0 radical (unpaired) electrons. The molecule has 4 heterocycles. The summed E-state index contributed by atoms with van der Waals surface area (Å²) in [6, 6.07) is 17.2. The maximum atomic E-state index is 10.7. The smallest absolute Gasteiger partial charge is 0.128 e. The zero-order valence-electron chi connectivity index (χ0n) is 15.9. The number of hydrogen-bond acceptors (Lipinski definition) is 6. The summed E-state index contributed by atoms with van der Waals surface area (Å²) in [6.07, 6.45) is 1.59. The Balaban J connectivity index is 1.19. The Morgan fingerprint density at radius 1 is 1.00 bits per heavy atom. The summed E-state index contributed by atoms with van der Waals surface area (Å²) < 4.78 is 1.35. The molecule has 0 unspecified atom stereocenters.